The highest BCUT2D eigenvalue weighted by atomic mass is 35.5. The Morgan fingerprint density at radius 1 is 0.889 bits per heavy atom. The molecule has 0 atom stereocenters. The number of amides is 1. The summed E-state index contributed by atoms with van der Waals surface area (Å²) in [5, 5.41) is 5.77. The molecule has 5 aromatic rings. The number of fused-ring (bicyclic) bond motifs is 2. The van der Waals surface area contributed by atoms with Gasteiger partial charge in [-0.05, 0) is 49.5 Å². The van der Waals surface area contributed by atoms with Crippen LogP contribution in [0.5, 0.6) is 0 Å². The number of carbonyl (C=O) groups excluding carboxylic acids is 1. The van der Waals surface area contributed by atoms with E-state index in [0.717, 1.165) is 70.6 Å². The molecule has 3 heterocycles. The van der Waals surface area contributed by atoms with Crippen LogP contribution in [0.3, 0.4) is 0 Å². The average molecular weight is 496 g/mol. The molecule has 0 radical (unpaired) electrons. The van der Waals surface area contributed by atoms with Crippen LogP contribution in [0, 0.1) is 0 Å². The zero-order chi connectivity index (χ0) is 24.6. The highest BCUT2D eigenvalue weighted by Crippen LogP contribution is 2.32. The molecule has 36 heavy (non-hydrogen) atoms. The number of piperazine rings is 1. The summed E-state index contributed by atoms with van der Waals surface area (Å²) in [5.41, 5.74) is 5.38. The Morgan fingerprint density at radius 2 is 1.67 bits per heavy atom. The Balaban J connectivity index is 1.23. The predicted octanol–water partition coefficient (Wildman–Crippen LogP) is 6.34. The fourth-order valence-corrected chi connectivity index (χ4v) is 5.04. The molecule has 180 valence electrons. The second-order valence-corrected chi connectivity index (χ2v) is 9.64. The summed E-state index contributed by atoms with van der Waals surface area (Å²) < 4.78 is 1.64. The van der Waals surface area contributed by atoms with Crippen LogP contribution < -0.4 is 10.2 Å². The number of hydrogen-bond donors (Lipinski definition) is 1. The summed E-state index contributed by atoms with van der Waals surface area (Å²) in [7, 11) is 2.13. The van der Waals surface area contributed by atoms with Gasteiger partial charge in [0.1, 0.15) is 0 Å². The van der Waals surface area contributed by atoms with Gasteiger partial charge < -0.3 is 15.1 Å². The van der Waals surface area contributed by atoms with Crippen molar-refractivity contribution in [1.29, 1.82) is 0 Å². The van der Waals surface area contributed by atoms with Gasteiger partial charge in [0.15, 0.2) is 0 Å². The van der Waals surface area contributed by atoms with Crippen molar-refractivity contribution in [3.63, 3.8) is 0 Å². The van der Waals surface area contributed by atoms with E-state index in [4.69, 9.17) is 16.6 Å². The fourth-order valence-electron chi connectivity index (χ4n) is 4.75. The van der Waals surface area contributed by atoms with Crippen molar-refractivity contribution in [2.45, 2.75) is 0 Å². The molecule has 1 amide bonds. The van der Waals surface area contributed by atoms with Gasteiger partial charge in [0, 0.05) is 54.4 Å². The second kappa shape index (κ2) is 9.30. The summed E-state index contributed by atoms with van der Waals surface area (Å²) in [6.45, 7) is 3.79. The number of benzene rings is 3. The van der Waals surface area contributed by atoms with Crippen molar-refractivity contribution >= 4 is 50.8 Å². The number of nitrogens with zero attached hydrogens (tertiary/aromatic N) is 4. The van der Waals surface area contributed by atoms with E-state index in [1.54, 1.807) is 10.8 Å². The maximum Gasteiger partial charge on any atom is 0.330 e. The molecular formula is C29H26ClN5O. The van der Waals surface area contributed by atoms with Crippen LogP contribution in [0.2, 0.25) is 5.02 Å². The van der Waals surface area contributed by atoms with E-state index in [0.29, 0.717) is 5.02 Å². The van der Waals surface area contributed by atoms with Gasteiger partial charge in [0.2, 0.25) is 0 Å². The Kier molecular flexibility index (Phi) is 5.83. The summed E-state index contributed by atoms with van der Waals surface area (Å²) >= 11 is 6.62. The van der Waals surface area contributed by atoms with Crippen molar-refractivity contribution < 1.29 is 4.79 Å². The van der Waals surface area contributed by atoms with Crippen LogP contribution in [-0.4, -0.2) is 53.7 Å². The van der Waals surface area contributed by atoms with Crippen molar-refractivity contribution in [3.8, 4) is 11.3 Å². The number of carbonyl (C=O) groups is 1. The average Bonchev–Trinajstić information content (AvgIpc) is 3.32. The number of pyridine rings is 1. The lowest BCUT2D eigenvalue weighted by Crippen LogP contribution is -2.44. The molecule has 6 rings (SSSR count). The molecule has 1 fully saturated rings. The smallest absolute Gasteiger partial charge is 0.330 e. The molecule has 6 nitrogen and oxygen atoms in total. The largest absolute Gasteiger partial charge is 0.368 e. The number of likely N-dealkylation sites (N-methyl/N-ethyl adjacent to an activating group) is 1. The third kappa shape index (κ3) is 4.30. The van der Waals surface area contributed by atoms with Crippen LogP contribution in [0.4, 0.5) is 16.2 Å². The summed E-state index contributed by atoms with van der Waals surface area (Å²) in [4.78, 5) is 22.5. The van der Waals surface area contributed by atoms with Crippen molar-refractivity contribution in [1.82, 2.24) is 14.5 Å². The summed E-state index contributed by atoms with van der Waals surface area (Å²) in [5.74, 6) is 0. The molecule has 2 aromatic heterocycles. The van der Waals surface area contributed by atoms with E-state index in [9.17, 15) is 4.79 Å². The van der Waals surface area contributed by atoms with Crippen LogP contribution >= 0.6 is 11.6 Å². The van der Waals surface area contributed by atoms with Crippen LogP contribution in [0.15, 0.2) is 85.1 Å². The van der Waals surface area contributed by atoms with E-state index >= 15 is 0 Å². The number of nitrogens with one attached hydrogen (secondary N) is 1. The zero-order valence-corrected chi connectivity index (χ0v) is 20.7. The monoisotopic (exact) mass is 495 g/mol. The molecule has 7 heteroatoms. The number of rotatable bonds is 3. The molecule has 3 aromatic carbocycles. The summed E-state index contributed by atoms with van der Waals surface area (Å²) in [6.07, 6.45) is 1.79. The lowest BCUT2D eigenvalue weighted by molar-refractivity contribution is 0.254. The van der Waals surface area contributed by atoms with Gasteiger partial charge in [0.25, 0.3) is 0 Å². The van der Waals surface area contributed by atoms with E-state index in [1.807, 2.05) is 66.7 Å². The van der Waals surface area contributed by atoms with Gasteiger partial charge in [-0.25, -0.2) is 9.78 Å². The maximum atomic E-state index is 13.2. The zero-order valence-electron chi connectivity index (χ0n) is 20.0. The molecule has 1 aliphatic rings. The maximum absolute atomic E-state index is 13.2. The minimum Gasteiger partial charge on any atom is -0.368 e. The van der Waals surface area contributed by atoms with Crippen LogP contribution in [0.25, 0.3) is 33.1 Å². The minimum atomic E-state index is -0.215. The number of halogens is 1. The lowest BCUT2D eigenvalue weighted by atomic mass is 10.1. The third-order valence-corrected chi connectivity index (χ3v) is 7.15. The van der Waals surface area contributed by atoms with Gasteiger partial charge in [-0.15, -0.1) is 0 Å². The molecule has 0 saturated carbocycles. The SMILES string of the molecule is CN1CCN(c2cc3c(ccn3C(=O)Nc3ccc(-c4ccc5ccccc5n4)cc3)cc2Cl)CC1. The second-order valence-electron chi connectivity index (χ2n) is 9.24. The standard InChI is InChI=1S/C29H26ClN5O/c1-33-14-16-34(17-15-33)28-19-27-22(18-24(28)30)12-13-35(27)29(36)31-23-9-6-21(7-10-23)26-11-8-20-4-2-3-5-25(20)32-26/h2-13,18-19H,14-17H2,1H3,(H,31,36). The number of anilines is 2. The Bertz CT molecular complexity index is 1570. The number of para-hydroxylation sites is 1. The molecule has 1 N–H and O–H groups in total. The van der Waals surface area contributed by atoms with Gasteiger partial charge >= 0.3 is 6.03 Å². The van der Waals surface area contributed by atoms with Gasteiger partial charge in [-0.3, -0.25) is 4.57 Å². The van der Waals surface area contributed by atoms with E-state index < -0.39 is 0 Å². The van der Waals surface area contributed by atoms with E-state index in [2.05, 4.69) is 34.3 Å². The first-order chi connectivity index (χ1) is 17.5. The number of aromatic nitrogens is 2. The first kappa shape index (κ1) is 22.6. The van der Waals surface area contributed by atoms with E-state index in [1.165, 1.54) is 0 Å². The Hall–Kier alpha value is -3.87. The van der Waals surface area contributed by atoms with Gasteiger partial charge in [-0.2, -0.15) is 0 Å². The Morgan fingerprint density at radius 3 is 2.47 bits per heavy atom. The Labute approximate surface area is 214 Å². The van der Waals surface area contributed by atoms with Gasteiger partial charge in [-0.1, -0.05) is 48.0 Å². The molecule has 0 bridgehead atoms. The highest BCUT2D eigenvalue weighted by molar-refractivity contribution is 6.34. The van der Waals surface area contributed by atoms with Gasteiger partial charge in [0.05, 0.1) is 27.4 Å². The van der Waals surface area contributed by atoms with Crippen molar-refractivity contribution in [2.24, 2.45) is 0 Å². The summed E-state index contributed by atoms with van der Waals surface area (Å²) in [6, 6.07) is 25.6. The van der Waals surface area contributed by atoms with Crippen molar-refractivity contribution in [2.75, 3.05) is 43.4 Å². The first-order valence-corrected chi connectivity index (χ1v) is 12.4. The van der Waals surface area contributed by atoms with Crippen LogP contribution in [-0.2, 0) is 0 Å². The molecular weight excluding hydrogens is 470 g/mol. The van der Waals surface area contributed by atoms with E-state index in [-0.39, 0.29) is 6.03 Å². The molecule has 1 aliphatic heterocycles. The molecule has 1 saturated heterocycles. The minimum absolute atomic E-state index is 0.215. The van der Waals surface area contributed by atoms with Crippen molar-refractivity contribution in [3.05, 3.63) is 90.1 Å². The quantitative estimate of drug-likeness (QED) is 0.317. The molecule has 0 unspecified atom stereocenters. The lowest BCUT2D eigenvalue weighted by Gasteiger charge is -2.34. The molecule has 0 aliphatic carbocycles. The first-order valence-electron chi connectivity index (χ1n) is 12.1. The third-order valence-electron chi connectivity index (χ3n) is 6.85. The normalized spacial score (nSPS) is 14.4. The highest BCUT2D eigenvalue weighted by Gasteiger charge is 2.19. The number of hydrogen-bond acceptors (Lipinski definition) is 4. The topological polar surface area (TPSA) is 53.4 Å². The fraction of sp³-hybridized carbons (Fsp3) is 0.172. The predicted molar refractivity (Wildman–Crippen MR) is 148 cm³/mol. The van der Waals surface area contributed by atoms with Crippen LogP contribution in [0.1, 0.15) is 0 Å². The molecule has 0 spiro atoms.